The molecular weight excluding hydrogens is 372 g/mol. The summed E-state index contributed by atoms with van der Waals surface area (Å²) in [6.07, 6.45) is 0.154. The molecule has 0 saturated carbocycles. The first-order valence-corrected chi connectivity index (χ1v) is 10.2. The smallest absolute Gasteiger partial charge is 0.240 e. The number of hydrogen-bond acceptors (Lipinski definition) is 2. The maximum absolute atomic E-state index is 13.3. The van der Waals surface area contributed by atoms with Crippen LogP contribution < -0.4 is 11.1 Å². The van der Waals surface area contributed by atoms with E-state index in [2.05, 4.69) is 5.32 Å². The maximum Gasteiger partial charge on any atom is 0.240 e. The molecule has 0 spiro atoms. The highest BCUT2D eigenvalue weighted by molar-refractivity contribution is 5.88. The third kappa shape index (κ3) is 4.43. The lowest BCUT2D eigenvalue weighted by molar-refractivity contribution is -0.128. The van der Waals surface area contributed by atoms with E-state index in [0.29, 0.717) is 0 Å². The highest BCUT2D eigenvalue weighted by atomic mass is 16.2. The van der Waals surface area contributed by atoms with Gasteiger partial charge in [0, 0.05) is 6.42 Å². The fourth-order valence-corrected chi connectivity index (χ4v) is 4.01. The van der Waals surface area contributed by atoms with Crippen molar-refractivity contribution in [3.05, 3.63) is 108 Å². The molecule has 3 aromatic rings. The Bertz CT molecular complexity index is 873. The second-order valence-corrected chi connectivity index (χ2v) is 7.87. The van der Waals surface area contributed by atoms with E-state index in [1.165, 1.54) is 0 Å². The zero-order chi connectivity index (χ0) is 21.6. The zero-order valence-corrected chi connectivity index (χ0v) is 17.4. The summed E-state index contributed by atoms with van der Waals surface area (Å²) in [6.45, 7) is 3.74. The molecular formula is C26H28N2O2. The first-order chi connectivity index (χ1) is 14.4. The minimum atomic E-state index is -0.711. The van der Waals surface area contributed by atoms with E-state index in [4.69, 9.17) is 5.73 Å². The maximum atomic E-state index is 13.3. The Labute approximate surface area is 178 Å². The molecule has 0 saturated heterocycles. The lowest BCUT2D eigenvalue weighted by Gasteiger charge is -2.36. The van der Waals surface area contributed by atoms with Gasteiger partial charge in [-0.15, -0.1) is 0 Å². The summed E-state index contributed by atoms with van der Waals surface area (Å²) in [6, 6.07) is 29.3. The monoisotopic (exact) mass is 400 g/mol. The van der Waals surface area contributed by atoms with Crippen LogP contribution in [0.2, 0.25) is 0 Å². The van der Waals surface area contributed by atoms with E-state index in [1.807, 2.05) is 105 Å². The first-order valence-electron chi connectivity index (χ1n) is 10.2. The van der Waals surface area contributed by atoms with Gasteiger partial charge in [-0.2, -0.15) is 0 Å². The van der Waals surface area contributed by atoms with Crippen molar-refractivity contribution < 1.29 is 9.59 Å². The van der Waals surface area contributed by atoms with Gasteiger partial charge in [-0.3, -0.25) is 9.59 Å². The first kappa shape index (κ1) is 21.3. The van der Waals surface area contributed by atoms with Gasteiger partial charge >= 0.3 is 0 Å². The predicted octanol–water partition coefficient (Wildman–Crippen LogP) is 4.04. The van der Waals surface area contributed by atoms with Gasteiger partial charge in [0.1, 0.15) is 6.04 Å². The summed E-state index contributed by atoms with van der Waals surface area (Å²) in [5.41, 5.74) is 7.86. The lowest BCUT2D eigenvalue weighted by Crippen LogP contribution is -2.49. The quantitative estimate of drug-likeness (QED) is 0.560. The Hall–Kier alpha value is -3.40. The van der Waals surface area contributed by atoms with Crippen molar-refractivity contribution in [3.63, 3.8) is 0 Å². The van der Waals surface area contributed by atoms with Gasteiger partial charge in [0.05, 0.1) is 5.41 Å². The summed E-state index contributed by atoms with van der Waals surface area (Å²) in [4.78, 5) is 25.1. The highest BCUT2D eigenvalue weighted by Gasteiger charge is 2.39. The van der Waals surface area contributed by atoms with Gasteiger partial charge < -0.3 is 11.1 Å². The minimum absolute atomic E-state index is 0.0916. The number of amides is 2. The second-order valence-electron chi connectivity index (χ2n) is 7.87. The van der Waals surface area contributed by atoms with Gasteiger partial charge in [-0.25, -0.2) is 0 Å². The minimum Gasteiger partial charge on any atom is -0.368 e. The van der Waals surface area contributed by atoms with Crippen LogP contribution in [0.5, 0.6) is 0 Å². The molecule has 4 heteroatoms. The Morgan fingerprint density at radius 1 is 0.767 bits per heavy atom. The van der Waals surface area contributed by atoms with Gasteiger partial charge in [0.2, 0.25) is 11.8 Å². The van der Waals surface area contributed by atoms with Crippen molar-refractivity contribution in [1.82, 2.24) is 5.32 Å². The van der Waals surface area contributed by atoms with E-state index in [-0.39, 0.29) is 18.2 Å². The SMILES string of the molecule is CC(C)[C@H](NC(=O)CC(c1ccccc1)(c1ccccc1)c1ccccc1)C(N)=O. The predicted molar refractivity (Wildman–Crippen MR) is 120 cm³/mol. The molecule has 3 rings (SSSR count). The van der Waals surface area contributed by atoms with Crippen LogP contribution in [-0.4, -0.2) is 17.9 Å². The summed E-state index contributed by atoms with van der Waals surface area (Å²) in [5.74, 6) is -0.835. The molecule has 0 bridgehead atoms. The van der Waals surface area contributed by atoms with Crippen molar-refractivity contribution in [1.29, 1.82) is 0 Å². The van der Waals surface area contributed by atoms with E-state index in [9.17, 15) is 9.59 Å². The molecule has 4 nitrogen and oxygen atoms in total. The molecule has 0 aliphatic carbocycles. The molecule has 0 radical (unpaired) electrons. The third-order valence-corrected chi connectivity index (χ3v) is 5.52. The molecule has 3 N–H and O–H groups in total. The number of nitrogens with two attached hydrogens (primary N) is 1. The number of carbonyl (C=O) groups excluding carboxylic acids is 2. The summed E-state index contributed by atoms with van der Waals surface area (Å²) >= 11 is 0. The number of hydrogen-bond donors (Lipinski definition) is 2. The largest absolute Gasteiger partial charge is 0.368 e. The van der Waals surface area contributed by atoms with Gasteiger partial charge in [0.25, 0.3) is 0 Å². The number of benzene rings is 3. The average Bonchev–Trinajstić information content (AvgIpc) is 2.77. The molecule has 0 heterocycles. The standard InChI is InChI=1S/C26H28N2O2/c1-19(2)24(25(27)30)28-23(29)18-26(20-12-6-3-7-13-20,21-14-8-4-9-15-21)22-16-10-5-11-17-22/h3-17,19,24H,18H2,1-2H3,(H2,27,30)(H,28,29)/t24-/m0/s1. The number of carbonyl (C=O) groups is 2. The summed E-state index contributed by atoms with van der Waals surface area (Å²) in [7, 11) is 0. The Morgan fingerprint density at radius 3 is 1.43 bits per heavy atom. The second kappa shape index (κ2) is 9.40. The van der Waals surface area contributed by atoms with Crippen LogP contribution >= 0.6 is 0 Å². The van der Waals surface area contributed by atoms with Gasteiger partial charge in [0.15, 0.2) is 0 Å². The molecule has 0 aliphatic rings. The topological polar surface area (TPSA) is 72.2 Å². The highest BCUT2D eigenvalue weighted by Crippen LogP contribution is 2.42. The van der Waals surface area contributed by atoms with Crippen LogP contribution in [0, 0.1) is 5.92 Å². The molecule has 0 aliphatic heterocycles. The van der Waals surface area contributed by atoms with Crippen LogP contribution in [0.15, 0.2) is 91.0 Å². The molecule has 154 valence electrons. The Kier molecular flexibility index (Phi) is 6.68. The van der Waals surface area contributed by atoms with Crippen LogP contribution in [0.4, 0.5) is 0 Å². The van der Waals surface area contributed by atoms with E-state index >= 15 is 0 Å². The number of primary amides is 1. The van der Waals surface area contributed by atoms with E-state index in [0.717, 1.165) is 16.7 Å². The van der Waals surface area contributed by atoms with Crippen molar-refractivity contribution >= 4 is 11.8 Å². The van der Waals surface area contributed by atoms with Crippen LogP contribution in [0.25, 0.3) is 0 Å². The Balaban J connectivity index is 2.14. The average molecular weight is 401 g/mol. The molecule has 2 amide bonds. The van der Waals surface area contributed by atoms with Crippen molar-refractivity contribution in [2.75, 3.05) is 0 Å². The molecule has 3 aromatic carbocycles. The molecule has 1 atom stereocenters. The fraction of sp³-hybridized carbons (Fsp3) is 0.231. The van der Waals surface area contributed by atoms with Crippen molar-refractivity contribution in [3.8, 4) is 0 Å². The van der Waals surface area contributed by atoms with Gasteiger partial charge in [-0.05, 0) is 22.6 Å². The Morgan fingerprint density at radius 2 is 1.13 bits per heavy atom. The van der Waals surface area contributed by atoms with Crippen molar-refractivity contribution in [2.45, 2.75) is 31.7 Å². The summed E-state index contributed by atoms with van der Waals surface area (Å²) in [5, 5.41) is 2.87. The van der Waals surface area contributed by atoms with E-state index < -0.39 is 17.4 Å². The number of nitrogens with one attached hydrogen (secondary N) is 1. The fourth-order valence-electron chi connectivity index (χ4n) is 4.01. The van der Waals surface area contributed by atoms with Crippen LogP contribution in [0.3, 0.4) is 0 Å². The summed E-state index contributed by atoms with van der Waals surface area (Å²) < 4.78 is 0. The van der Waals surface area contributed by atoms with Crippen LogP contribution in [0.1, 0.15) is 37.0 Å². The zero-order valence-electron chi connectivity index (χ0n) is 17.4. The molecule has 0 aromatic heterocycles. The van der Waals surface area contributed by atoms with Crippen LogP contribution in [-0.2, 0) is 15.0 Å². The molecule has 0 fully saturated rings. The molecule has 30 heavy (non-hydrogen) atoms. The van der Waals surface area contributed by atoms with Gasteiger partial charge in [-0.1, -0.05) is 105 Å². The number of rotatable bonds is 8. The lowest BCUT2D eigenvalue weighted by atomic mass is 9.67. The molecule has 0 unspecified atom stereocenters. The van der Waals surface area contributed by atoms with E-state index in [1.54, 1.807) is 0 Å². The third-order valence-electron chi connectivity index (χ3n) is 5.52. The van der Waals surface area contributed by atoms with Crippen molar-refractivity contribution in [2.24, 2.45) is 11.7 Å². The normalized spacial score (nSPS) is 12.4.